The van der Waals surface area contributed by atoms with Gasteiger partial charge in [-0.15, -0.1) is 0 Å². The van der Waals surface area contributed by atoms with Crippen molar-refractivity contribution in [2.45, 2.75) is 26.2 Å². The molecule has 2 aliphatic heterocycles. The van der Waals surface area contributed by atoms with Gasteiger partial charge in [0.15, 0.2) is 23.1 Å². The molecule has 192 valence electrons. The number of carbonyl (C=O) groups is 1. The van der Waals surface area contributed by atoms with Gasteiger partial charge in [-0.2, -0.15) is 0 Å². The molecule has 0 saturated carbocycles. The number of ether oxygens (including phenoxy) is 4. The van der Waals surface area contributed by atoms with Crippen LogP contribution in [0.3, 0.4) is 0 Å². The largest absolute Gasteiger partial charge is 0.493 e. The molecule has 2 aromatic carbocycles. The second-order valence-electron chi connectivity index (χ2n) is 10.1. The van der Waals surface area contributed by atoms with Gasteiger partial charge in [-0.25, -0.2) is 14.4 Å². The van der Waals surface area contributed by atoms with Gasteiger partial charge in [0.2, 0.25) is 11.8 Å². The van der Waals surface area contributed by atoms with E-state index in [4.69, 9.17) is 18.9 Å². The number of allylic oxidation sites excluding steroid dienone is 1. The van der Waals surface area contributed by atoms with Gasteiger partial charge in [-0.05, 0) is 37.5 Å². The summed E-state index contributed by atoms with van der Waals surface area (Å²) in [4.78, 5) is 22.9. The van der Waals surface area contributed by atoms with E-state index in [1.165, 1.54) is 6.33 Å². The lowest BCUT2D eigenvalue weighted by Crippen LogP contribution is -2.67. The Kier molecular flexibility index (Phi) is 5.95. The van der Waals surface area contributed by atoms with E-state index in [2.05, 4.69) is 9.97 Å². The van der Waals surface area contributed by atoms with Crippen molar-refractivity contribution in [1.29, 1.82) is 0 Å². The van der Waals surface area contributed by atoms with Crippen LogP contribution in [0, 0.1) is 11.2 Å². The minimum absolute atomic E-state index is 0.103. The number of aromatic nitrogens is 2. The second kappa shape index (κ2) is 9.30. The van der Waals surface area contributed by atoms with Crippen molar-refractivity contribution in [1.82, 2.24) is 14.9 Å². The van der Waals surface area contributed by atoms with E-state index in [0.29, 0.717) is 47.4 Å². The number of halogens is 1. The Morgan fingerprint density at radius 3 is 2.76 bits per heavy atom. The fourth-order valence-corrected chi connectivity index (χ4v) is 5.17. The van der Waals surface area contributed by atoms with Gasteiger partial charge < -0.3 is 23.8 Å². The Morgan fingerprint density at radius 1 is 1.16 bits per heavy atom. The highest BCUT2D eigenvalue weighted by Crippen LogP contribution is 2.39. The Bertz CT molecular complexity index is 1410. The number of fused-ring (bicyclic) bond motifs is 2. The summed E-state index contributed by atoms with van der Waals surface area (Å²) in [5, 5.41) is 0.570. The van der Waals surface area contributed by atoms with E-state index >= 15 is 4.39 Å². The van der Waals surface area contributed by atoms with E-state index < -0.39 is 5.82 Å². The standard InChI is InChI=1S/C28H28FN3O5/c1-17-8-18-5-6-22(26(29)19(18)9-17)37-27-20-10-23(34-2)24(11-21(20)30-16-31-27)36-7-3-4-25(33)32-12-28(13-32)14-35-15-28/h5-6,9-11,16H,3-4,7-8,12-15H2,1-2H3. The van der Waals surface area contributed by atoms with E-state index in [9.17, 15) is 4.79 Å². The van der Waals surface area contributed by atoms with Crippen LogP contribution < -0.4 is 14.2 Å². The SMILES string of the molecule is COc1cc2c(Oc3ccc4c(c3F)C=C(C)C4)ncnc2cc1OCCCC(=O)N1CC2(COC2)C1. The lowest BCUT2D eigenvalue weighted by Gasteiger charge is -2.55. The Hall–Kier alpha value is -3.72. The first-order valence-electron chi connectivity index (χ1n) is 12.4. The molecule has 37 heavy (non-hydrogen) atoms. The molecule has 0 atom stereocenters. The van der Waals surface area contributed by atoms with Gasteiger partial charge in [-0.3, -0.25) is 4.79 Å². The summed E-state index contributed by atoms with van der Waals surface area (Å²) in [6.07, 6.45) is 4.97. The normalized spacial score (nSPS) is 17.2. The molecule has 0 unspecified atom stereocenters. The molecule has 1 spiro atoms. The number of amides is 1. The summed E-state index contributed by atoms with van der Waals surface area (Å²) in [6, 6.07) is 6.97. The van der Waals surface area contributed by atoms with Gasteiger partial charge >= 0.3 is 0 Å². The van der Waals surface area contributed by atoms with E-state index in [1.54, 1.807) is 25.3 Å². The molecule has 0 N–H and O–H groups in total. The van der Waals surface area contributed by atoms with Crippen molar-refractivity contribution in [3.63, 3.8) is 0 Å². The van der Waals surface area contributed by atoms with Crippen LogP contribution in [0.15, 0.2) is 36.2 Å². The average molecular weight is 506 g/mol. The van der Waals surface area contributed by atoms with Crippen LogP contribution in [0.25, 0.3) is 17.0 Å². The van der Waals surface area contributed by atoms with Gasteiger partial charge in [0.05, 0.1) is 43.2 Å². The van der Waals surface area contributed by atoms with Crippen molar-refractivity contribution in [2.24, 2.45) is 5.41 Å². The number of rotatable bonds is 8. The van der Waals surface area contributed by atoms with Crippen LogP contribution in [0.1, 0.15) is 30.9 Å². The first-order valence-corrected chi connectivity index (χ1v) is 12.4. The zero-order chi connectivity index (χ0) is 25.6. The first-order chi connectivity index (χ1) is 17.9. The smallest absolute Gasteiger partial charge is 0.230 e. The van der Waals surface area contributed by atoms with Crippen molar-refractivity contribution in [3.8, 4) is 23.1 Å². The fourth-order valence-electron chi connectivity index (χ4n) is 5.17. The number of hydrogen-bond donors (Lipinski definition) is 0. The number of hydrogen-bond acceptors (Lipinski definition) is 7. The molecule has 0 bridgehead atoms. The number of carbonyl (C=O) groups excluding carboxylic acids is 1. The molecule has 2 saturated heterocycles. The maximum atomic E-state index is 15.1. The Labute approximate surface area is 214 Å². The monoisotopic (exact) mass is 505 g/mol. The summed E-state index contributed by atoms with van der Waals surface area (Å²) >= 11 is 0. The predicted octanol–water partition coefficient (Wildman–Crippen LogP) is 4.55. The zero-order valence-corrected chi connectivity index (χ0v) is 20.9. The number of methoxy groups -OCH3 is 1. The highest BCUT2D eigenvalue weighted by molar-refractivity contribution is 5.87. The van der Waals surface area contributed by atoms with Gasteiger partial charge in [0, 0.05) is 31.1 Å². The first kappa shape index (κ1) is 23.7. The molecule has 1 aromatic heterocycles. The summed E-state index contributed by atoms with van der Waals surface area (Å²) in [6.45, 7) is 5.45. The van der Waals surface area contributed by atoms with Gasteiger partial charge in [0.1, 0.15) is 6.33 Å². The van der Waals surface area contributed by atoms with E-state index in [0.717, 1.165) is 43.9 Å². The molecule has 1 amide bonds. The van der Waals surface area contributed by atoms with Crippen molar-refractivity contribution >= 4 is 22.9 Å². The number of benzene rings is 2. The minimum Gasteiger partial charge on any atom is -0.493 e. The maximum Gasteiger partial charge on any atom is 0.230 e. The number of nitrogens with zero attached hydrogens (tertiary/aromatic N) is 3. The van der Waals surface area contributed by atoms with E-state index in [1.807, 2.05) is 24.0 Å². The molecule has 1 aliphatic carbocycles. The third kappa shape index (κ3) is 4.37. The van der Waals surface area contributed by atoms with Crippen LogP contribution in [0.5, 0.6) is 23.1 Å². The second-order valence-corrected chi connectivity index (χ2v) is 10.1. The van der Waals surface area contributed by atoms with Crippen LogP contribution in [-0.4, -0.2) is 60.8 Å². The van der Waals surface area contributed by atoms with Crippen LogP contribution >= 0.6 is 0 Å². The summed E-state index contributed by atoms with van der Waals surface area (Å²) in [7, 11) is 1.54. The molecule has 0 radical (unpaired) electrons. The Morgan fingerprint density at radius 2 is 2.00 bits per heavy atom. The van der Waals surface area contributed by atoms with Crippen molar-refractivity contribution in [2.75, 3.05) is 40.0 Å². The maximum absolute atomic E-state index is 15.1. The fraction of sp³-hybridized carbons (Fsp3) is 0.393. The Balaban J connectivity index is 1.13. The predicted molar refractivity (Wildman–Crippen MR) is 134 cm³/mol. The quantitative estimate of drug-likeness (QED) is 0.416. The zero-order valence-electron chi connectivity index (χ0n) is 20.9. The van der Waals surface area contributed by atoms with Crippen molar-refractivity contribution < 1.29 is 28.1 Å². The third-order valence-corrected chi connectivity index (χ3v) is 7.20. The minimum atomic E-state index is -0.406. The summed E-state index contributed by atoms with van der Waals surface area (Å²) in [5.41, 5.74) is 3.41. The molecular weight excluding hydrogens is 477 g/mol. The molecule has 8 nitrogen and oxygen atoms in total. The van der Waals surface area contributed by atoms with Crippen LogP contribution in [0.2, 0.25) is 0 Å². The van der Waals surface area contributed by atoms with E-state index in [-0.39, 0.29) is 23.0 Å². The van der Waals surface area contributed by atoms with Gasteiger partial charge in [0.25, 0.3) is 0 Å². The molecule has 2 fully saturated rings. The molecule has 3 aromatic rings. The van der Waals surface area contributed by atoms with Crippen LogP contribution in [-0.2, 0) is 16.0 Å². The molecule has 6 rings (SSSR count). The summed E-state index contributed by atoms with van der Waals surface area (Å²) < 4.78 is 37.8. The highest BCUT2D eigenvalue weighted by atomic mass is 19.1. The highest BCUT2D eigenvalue weighted by Gasteiger charge is 2.50. The molecule has 3 aliphatic rings. The molecule has 3 heterocycles. The lowest BCUT2D eigenvalue weighted by atomic mass is 9.78. The topological polar surface area (TPSA) is 83.0 Å². The summed E-state index contributed by atoms with van der Waals surface area (Å²) in [5.74, 6) is 1.04. The number of likely N-dealkylation sites (tertiary alicyclic amines) is 1. The molecular formula is C28H28FN3O5. The third-order valence-electron chi connectivity index (χ3n) is 7.20. The molecule has 9 heteroatoms. The van der Waals surface area contributed by atoms with Crippen molar-refractivity contribution in [3.05, 3.63) is 53.1 Å². The van der Waals surface area contributed by atoms with Crippen LogP contribution in [0.4, 0.5) is 4.39 Å². The van der Waals surface area contributed by atoms with Gasteiger partial charge in [-0.1, -0.05) is 17.7 Å². The lowest BCUT2D eigenvalue weighted by molar-refractivity contribution is -0.195. The average Bonchev–Trinajstić information content (AvgIpc) is 3.22.